The molecule has 2 atom stereocenters. The Morgan fingerprint density at radius 3 is 2.39 bits per heavy atom. The van der Waals surface area contributed by atoms with Gasteiger partial charge in [-0.1, -0.05) is 28.1 Å². The van der Waals surface area contributed by atoms with Crippen molar-refractivity contribution < 1.29 is 17.9 Å². The number of nitrogens with two attached hydrogens (primary N) is 1. The van der Waals surface area contributed by atoms with Gasteiger partial charge in [0.05, 0.1) is 12.5 Å². The number of hydrogen-bond donors (Lipinski definition) is 1. The summed E-state index contributed by atoms with van der Waals surface area (Å²) < 4.78 is 29.1. The molecule has 1 aliphatic rings. The molecule has 1 saturated heterocycles. The Morgan fingerprint density at radius 1 is 1.33 bits per heavy atom. The first-order chi connectivity index (χ1) is 8.39. The van der Waals surface area contributed by atoms with Gasteiger partial charge in [-0.15, -0.1) is 0 Å². The minimum absolute atomic E-state index is 0.242. The summed E-state index contributed by atoms with van der Waals surface area (Å²) in [4.78, 5) is 11.6. The summed E-state index contributed by atoms with van der Waals surface area (Å²) in [7, 11) is -3.86. The van der Waals surface area contributed by atoms with Crippen molar-refractivity contribution in [3.63, 3.8) is 0 Å². The van der Waals surface area contributed by atoms with Crippen LogP contribution in [0.3, 0.4) is 0 Å². The van der Waals surface area contributed by atoms with Crippen molar-refractivity contribution in [2.75, 3.05) is 6.61 Å². The van der Waals surface area contributed by atoms with Gasteiger partial charge in [0, 0.05) is 4.47 Å². The number of esters is 1. The highest BCUT2D eigenvalue weighted by Gasteiger charge is 2.41. The zero-order chi connectivity index (χ0) is 13.3. The summed E-state index contributed by atoms with van der Waals surface area (Å²) in [5.74, 6) is -1.22. The van der Waals surface area contributed by atoms with Gasteiger partial charge in [0.1, 0.15) is 5.25 Å². The zero-order valence-electron chi connectivity index (χ0n) is 9.37. The first-order valence-electron chi connectivity index (χ1n) is 5.33. The summed E-state index contributed by atoms with van der Waals surface area (Å²) in [5, 5.41) is 4.20. The van der Waals surface area contributed by atoms with Crippen molar-refractivity contribution >= 4 is 31.9 Å². The van der Waals surface area contributed by atoms with E-state index in [1.165, 1.54) is 0 Å². The van der Waals surface area contributed by atoms with Crippen molar-refractivity contribution in [2.24, 2.45) is 11.1 Å². The molecule has 7 heteroatoms. The molecule has 1 aliphatic heterocycles. The molecule has 1 fully saturated rings. The fourth-order valence-electron chi connectivity index (χ4n) is 2.09. The first kappa shape index (κ1) is 13.5. The lowest BCUT2D eigenvalue weighted by Crippen LogP contribution is -2.30. The van der Waals surface area contributed by atoms with E-state index in [1.54, 1.807) is 24.3 Å². The van der Waals surface area contributed by atoms with Gasteiger partial charge in [0.2, 0.25) is 10.0 Å². The van der Waals surface area contributed by atoms with Gasteiger partial charge in [-0.05, 0) is 24.1 Å². The van der Waals surface area contributed by atoms with Crippen LogP contribution in [-0.4, -0.2) is 21.0 Å². The highest BCUT2D eigenvalue weighted by atomic mass is 79.9. The monoisotopic (exact) mass is 333 g/mol. The molecule has 5 nitrogen and oxygen atoms in total. The number of carbonyl (C=O) groups is 1. The lowest BCUT2D eigenvalue weighted by Gasteiger charge is -2.18. The van der Waals surface area contributed by atoms with Crippen LogP contribution in [-0.2, 0) is 19.6 Å². The Kier molecular flexibility index (Phi) is 3.74. The van der Waals surface area contributed by atoms with Gasteiger partial charge in [-0.25, -0.2) is 13.6 Å². The number of primary sulfonamides is 1. The molecule has 0 bridgehead atoms. The van der Waals surface area contributed by atoms with E-state index in [9.17, 15) is 13.2 Å². The Bertz CT molecular complexity index is 555. The molecular weight excluding hydrogens is 322 g/mol. The van der Waals surface area contributed by atoms with Crippen molar-refractivity contribution in [1.29, 1.82) is 0 Å². The highest BCUT2D eigenvalue weighted by molar-refractivity contribution is 9.10. The molecular formula is C11H12BrNO4S. The Balaban J connectivity index is 2.43. The second kappa shape index (κ2) is 4.99. The molecule has 0 aromatic heterocycles. The fraction of sp³-hybridized carbons (Fsp3) is 0.364. The fourth-order valence-corrected chi connectivity index (χ4v) is 3.60. The SMILES string of the molecule is NS(=O)(=O)C(c1ccc(Br)cc1)C1CCOC1=O. The molecule has 2 rings (SSSR count). The van der Waals surface area contributed by atoms with Crippen molar-refractivity contribution in [3.8, 4) is 0 Å². The number of rotatable bonds is 3. The largest absolute Gasteiger partial charge is 0.465 e. The van der Waals surface area contributed by atoms with E-state index in [-0.39, 0.29) is 6.61 Å². The van der Waals surface area contributed by atoms with Crippen LogP contribution in [0.1, 0.15) is 17.2 Å². The van der Waals surface area contributed by atoms with Crippen LogP contribution in [0.2, 0.25) is 0 Å². The van der Waals surface area contributed by atoms with Crippen molar-refractivity contribution in [3.05, 3.63) is 34.3 Å². The van der Waals surface area contributed by atoms with E-state index in [2.05, 4.69) is 15.9 Å². The topological polar surface area (TPSA) is 86.5 Å². The van der Waals surface area contributed by atoms with E-state index in [1.807, 2.05) is 0 Å². The van der Waals surface area contributed by atoms with E-state index < -0.39 is 27.2 Å². The van der Waals surface area contributed by atoms with Crippen LogP contribution in [0.25, 0.3) is 0 Å². The van der Waals surface area contributed by atoms with Gasteiger partial charge in [-0.3, -0.25) is 4.79 Å². The molecule has 98 valence electrons. The molecule has 0 saturated carbocycles. The van der Waals surface area contributed by atoms with Crippen LogP contribution in [0.4, 0.5) is 0 Å². The number of carbonyl (C=O) groups excluding carboxylic acids is 1. The number of halogens is 1. The average Bonchev–Trinajstić information content (AvgIpc) is 2.66. The molecule has 1 aromatic rings. The molecule has 0 radical (unpaired) electrons. The third-order valence-electron chi connectivity index (χ3n) is 2.89. The molecule has 2 unspecified atom stereocenters. The summed E-state index contributed by atoms with van der Waals surface area (Å²) in [6.45, 7) is 0.242. The molecule has 0 spiro atoms. The average molecular weight is 334 g/mol. The van der Waals surface area contributed by atoms with E-state index in [0.717, 1.165) is 4.47 Å². The minimum Gasteiger partial charge on any atom is -0.465 e. The predicted octanol–water partition coefficient (Wildman–Crippen LogP) is 1.34. The molecule has 18 heavy (non-hydrogen) atoms. The maximum absolute atomic E-state index is 11.7. The minimum atomic E-state index is -3.86. The molecule has 2 N–H and O–H groups in total. The quantitative estimate of drug-likeness (QED) is 0.845. The summed E-state index contributed by atoms with van der Waals surface area (Å²) >= 11 is 3.27. The lowest BCUT2D eigenvalue weighted by molar-refractivity contribution is -0.141. The lowest BCUT2D eigenvalue weighted by atomic mass is 9.97. The molecule has 0 amide bonds. The van der Waals surface area contributed by atoms with Gasteiger partial charge in [-0.2, -0.15) is 0 Å². The zero-order valence-corrected chi connectivity index (χ0v) is 11.8. The highest BCUT2D eigenvalue weighted by Crippen LogP contribution is 2.35. The third kappa shape index (κ3) is 2.73. The molecule has 1 aromatic carbocycles. The Labute approximate surface area is 113 Å². The Hall–Kier alpha value is -0.920. The van der Waals surface area contributed by atoms with Crippen LogP contribution in [0, 0.1) is 5.92 Å². The van der Waals surface area contributed by atoms with Gasteiger partial charge < -0.3 is 4.74 Å². The van der Waals surface area contributed by atoms with Crippen molar-refractivity contribution in [1.82, 2.24) is 0 Å². The normalized spacial score (nSPS) is 21.7. The maximum Gasteiger partial charge on any atom is 0.310 e. The standard InChI is InChI=1S/C11H12BrNO4S/c12-8-3-1-7(2-4-8)10(18(13,15)16)9-5-6-17-11(9)14/h1-4,9-10H,5-6H2,(H2,13,15,16). The number of hydrogen-bond acceptors (Lipinski definition) is 4. The smallest absolute Gasteiger partial charge is 0.310 e. The predicted molar refractivity (Wildman–Crippen MR) is 69.1 cm³/mol. The van der Waals surface area contributed by atoms with Gasteiger partial charge in [0.25, 0.3) is 0 Å². The Morgan fingerprint density at radius 2 is 1.94 bits per heavy atom. The van der Waals surface area contributed by atoms with Crippen molar-refractivity contribution in [2.45, 2.75) is 11.7 Å². The first-order valence-corrected chi connectivity index (χ1v) is 7.73. The van der Waals surface area contributed by atoms with Gasteiger partial charge in [0.15, 0.2) is 0 Å². The number of sulfonamides is 1. The maximum atomic E-state index is 11.7. The van der Waals surface area contributed by atoms with Gasteiger partial charge >= 0.3 is 5.97 Å². The molecule has 0 aliphatic carbocycles. The van der Waals surface area contributed by atoms with Crippen LogP contribution >= 0.6 is 15.9 Å². The molecule has 1 heterocycles. The second-order valence-electron chi connectivity index (χ2n) is 4.12. The van der Waals surface area contributed by atoms with E-state index >= 15 is 0 Å². The van der Waals surface area contributed by atoms with Crippen LogP contribution in [0.5, 0.6) is 0 Å². The number of benzene rings is 1. The number of cyclic esters (lactones) is 1. The number of ether oxygens (including phenoxy) is 1. The van der Waals surface area contributed by atoms with Crippen LogP contribution < -0.4 is 5.14 Å². The van der Waals surface area contributed by atoms with Crippen LogP contribution in [0.15, 0.2) is 28.7 Å². The summed E-state index contributed by atoms with van der Waals surface area (Å²) in [5.41, 5.74) is 0.504. The van der Waals surface area contributed by atoms with E-state index in [0.29, 0.717) is 12.0 Å². The third-order valence-corrected chi connectivity index (χ3v) is 4.73. The van der Waals surface area contributed by atoms with E-state index in [4.69, 9.17) is 9.88 Å². The summed E-state index contributed by atoms with van der Waals surface area (Å²) in [6, 6.07) is 6.72. The second-order valence-corrected chi connectivity index (χ2v) is 6.73. The summed E-state index contributed by atoms with van der Waals surface area (Å²) in [6.07, 6.45) is 0.371.